The maximum atomic E-state index is 12.3. The van der Waals surface area contributed by atoms with Gasteiger partial charge < -0.3 is 21.5 Å². The fourth-order valence-corrected chi connectivity index (χ4v) is 3.09. The van der Waals surface area contributed by atoms with Crippen molar-refractivity contribution < 1.29 is 14.7 Å². The highest BCUT2D eigenvalue weighted by Crippen LogP contribution is 2.50. The first-order chi connectivity index (χ1) is 8.82. The summed E-state index contributed by atoms with van der Waals surface area (Å²) < 4.78 is 0. The Morgan fingerprint density at radius 1 is 1.47 bits per heavy atom. The maximum Gasteiger partial charge on any atom is 0.247 e. The minimum absolute atomic E-state index is 0.105. The monoisotopic (exact) mass is 264 g/mol. The van der Waals surface area contributed by atoms with Crippen molar-refractivity contribution in [2.75, 3.05) is 0 Å². The largest absolute Gasteiger partial charge is 0.384 e. The molecule has 3 atom stereocenters. The van der Waals surface area contributed by atoms with Gasteiger partial charge in [-0.3, -0.25) is 9.59 Å². The van der Waals surface area contributed by atoms with Gasteiger partial charge in [-0.15, -0.1) is 0 Å². The molecule has 2 aliphatic rings. The van der Waals surface area contributed by atoms with Crippen LogP contribution in [0, 0.1) is 22.7 Å². The van der Waals surface area contributed by atoms with Crippen LogP contribution in [-0.4, -0.2) is 22.6 Å². The van der Waals surface area contributed by atoms with E-state index >= 15 is 0 Å². The van der Waals surface area contributed by atoms with Gasteiger partial charge in [-0.25, -0.2) is 0 Å². The van der Waals surface area contributed by atoms with Gasteiger partial charge in [-0.05, 0) is 13.3 Å². The summed E-state index contributed by atoms with van der Waals surface area (Å²) in [7, 11) is 0. The highest BCUT2D eigenvalue weighted by atomic mass is 16.3. The summed E-state index contributed by atoms with van der Waals surface area (Å²) in [5, 5.41) is 24.2. The predicted octanol–water partition coefficient (Wildman–Crippen LogP) is -0.949. The second-order valence-corrected chi connectivity index (χ2v) is 5.11. The summed E-state index contributed by atoms with van der Waals surface area (Å²) in [5.41, 5.74) is 2.25. The Labute approximate surface area is 110 Å². The van der Waals surface area contributed by atoms with Crippen molar-refractivity contribution in [3.8, 4) is 6.07 Å². The van der Waals surface area contributed by atoms with Gasteiger partial charge in [0, 0.05) is 5.92 Å². The van der Waals surface area contributed by atoms with Gasteiger partial charge in [-0.2, -0.15) is 5.26 Å². The SMILES string of the molecule is CCC[C@H]1[C@@]2(C(=O)NC(N)=C2C#N)C(=O)N[C@@]1(C)O. The summed E-state index contributed by atoms with van der Waals surface area (Å²) in [4.78, 5) is 24.5. The van der Waals surface area contributed by atoms with E-state index in [-0.39, 0.29) is 11.4 Å². The molecule has 2 amide bonds. The van der Waals surface area contributed by atoms with Gasteiger partial charge in [0.15, 0.2) is 5.41 Å². The number of aliphatic hydroxyl groups is 1. The number of nitrogens with two attached hydrogens (primary N) is 1. The Morgan fingerprint density at radius 3 is 2.63 bits per heavy atom. The fourth-order valence-electron chi connectivity index (χ4n) is 3.09. The third-order valence-corrected chi connectivity index (χ3v) is 3.89. The molecule has 0 aliphatic carbocycles. The Morgan fingerprint density at radius 2 is 2.11 bits per heavy atom. The first-order valence-corrected chi connectivity index (χ1v) is 6.09. The van der Waals surface area contributed by atoms with Crippen LogP contribution in [0.1, 0.15) is 26.7 Å². The van der Waals surface area contributed by atoms with E-state index in [0.717, 1.165) is 0 Å². The summed E-state index contributed by atoms with van der Waals surface area (Å²) >= 11 is 0. The molecule has 0 radical (unpaired) electrons. The lowest BCUT2D eigenvalue weighted by Crippen LogP contribution is -2.46. The first-order valence-electron chi connectivity index (χ1n) is 6.09. The molecule has 5 N–H and O–H groups in total. The van der Waals surface area contributed by atoms with E-state index in [9.17, 15) is 20.0 Å². The summed E-state index contributed by atoms with van der Waals surface area (Å²) in [6.07, 6.45) is 1.07. The van der Waals surface area contributed by atoms with Crippen molar-refractivity contribution in [1.29, 1.82) is 5.26 Å². The smallest absolute Gasteiger partial charge is 0.247 e. The van der Waals surface area contributed by atoms with Gasteiger partial charge in [0.25, 0.3) is 0 Å². The van der Waals surface area contributed by atoms with Crippen molar-refractivity contribution in [2.45, 2.75) is 32.4 Å². The minimum Gasteiger partial charge on any atom is -0.384 e. The van der Waals surface area contributed by atoms with Crippen LogP contribution in [0.15, 0.2) is 11.4 Å². The molecule has 1 fully saturated rings. The van der Waals surface area contributed by atoms with Crippen molar-refractivity contribution in [3.63, 3.8) is 0 Å². The molecule has 0 aromatic rings. The quantitative estimate of drug-likeness (QED) is 0.478. The second kappa shape index (κ2) is 3.96. The molecule has 0 saturated carbocycles. The second-order valence-electron chi connectivity index (χ2n) is 5.11. The van der Waals surface area contributed by atoms with Gasteiger partial charge in [0.2, 0.25) is 11.8 Å². The van der Waals surface area contributed by atoms with Gasteiger partial charge in [-0.1, -0.05) is 13.3 Å². The highest BCUT2D eigenvalue weighted by Gasteiger charge is 2.68. The molecule has 102 valence electrons. The number of amides is 2. The number of nitriles is 1. The molecule has 19 heavy (non-hydrogen) atoms. The average molecular weight is 264 g/mol. The lowest BCUT2D eigenvalue weighted by molar-refractivity contribution is -0.138. The molecule has 2 heterocycles. The molecule has 7 heteroatoms. The molecule has 7 nitrogen and oxygen atoms in total. The number of hydrogen-bond donors (Lipinski definition) is 4. The fraction of sp³-hybridized carbons (Fsp3) is 0.583. The van der Waals surface area contributed by atoms with Crippen molar-refractivity contribution in [2.24, 2.45) is 17.1 Å². The number of nitrogens with zero attached hydrogens (tertiary/aromatic N) is 1. The third kappa shape index (κ3) is 1.47. The molecule has 0 unspecified atom stereocenters. The van der Waals surface area contributed by atoms with E-state index < -0.39 is 28.9 Å². The van der Waals surface area contributed by atoms with Crippen LogP contribution in [0.3, 0.4) is 0 Å². The predicted molar refractivity (Wildman–Crippen MR) is 64.6 cm³/mol. The van der Waals surface area contributed by atoms with E-state index in [2.05, 4.69) is 10.6 Å². The molecular weight excluding hydrogens is 248 g/mol. The molecule has 1 spiro atoms. The molecule has 0 aromatic heterocycles. The first kappa shape index (κ1) is 13.4. The van der Waals surface area contributed by atoms with Crippen LogP contribution >= 0.6 is 0 Å². The normalized spacial score (nSPS) is 37.5. The standard InChI is InChI=1S/C12H16N4O3/c1-3-4-7-11(2,19)16-10(18)12(7)6(5-13)8(14)15-9(12)17/h7,19H,3-4,14H2,1-2H3,(H,15,17)(H,16,18)/t7-,11+,12+/m1/s1. The number of carbonyl (C=O) groups excluding carboxylic acids is 2. The van der Waals surface area contributed by atoms with Crippen molar-refractivity contribution in [1.82, 2.24) is 10.6 Å². The molecule has 2 rings (SSSR count). The van der Waals surface area contributed by atoms with Gasteiger partial charge >= 0.3 is 0 Å². The van der Waals surface area contributed by atoms with E-state index in [0.29, 0.717) is 12.8 Å². The Bertz CT molecular complexity index is 532. The van der Waals surface area contributed by atoms with E-state index in [4.69, 9.17) is 5.73 Å². The van der Waals surface area contributed by atoms with Gasteiger partial charge in [0.1, 0.15) is 17.6 Å². The Balaban J connectivity index is 2.66. The molecular formula is C12H16N4O3. The van der Waals surface area contributed by atoms with Crippen molar-refractivity contribution >= 4 is 11.8 Å². The lowest BCUT2D eigenvalue weighted by atomic mass is 9.68. The summed E-state index contributed by atoms with van der Waals surface area (Å²) in [5.74, 6) is -2.16. The number of carbonyl (C=O) groups is 2. The van der Waals surface area contributed by atoms with Crippen LogP contribution in [-0.2, 0) is 9.59 Å². The van der Waals surface area contributed by atoms with Crippen LogP contribution in [0.4, 0.5) is 0 Å². The third-order valence-electron chi connectivity index (χ3n) is 3.89. The minimum atomic E-state index is -1.71. The highest BCUT2D eigenvalue weighted by molar-refractivity contribution is 6.13. The van der Waals surface area contributed by atoms with E-state index in [1.54, 1.807) is 0 Å². The summed E-state index contributed by atoms with van der Waals surface area (Å²) in [6, 6.07) is 1.83. The summed E-state index contributed by atoms with van der Waals surface area (Å²) in [6.45, 7) is 3.30. The topological polar surface area (TPSA) is 128 Å². The zero-order chi connectivity index (χ0) is 14.4. The van der Waals surface area contributed by atoms with Gasteiger partial charge in [0.05, 0.1) is 5.57 Å². The Kier molecular flexibility index (Phi) is 2.79. The number of nitrogens with one attached hydrogen (secondary N) is 2. The van der Waals surface area contributed by atoms with Crippen molar-refractivity contribution in [3.05, 3.63) is 11.4 Å². The Hall–Kier alpha value is -2.07. The van der Waals surface area contributed by atoms with Crippen LogP contribution < -0.4 is 16.4 Å². The van der Waals surface area contributed by atoms with E-state index in [1.165, 1.54) is 6.92 Å². The number of hydrogen-bond acceptors (Lipinski definition) is 5. The van der Waals surface area contributed by atoms with Crippen LogP contribution in [0.25, 0.3) is 0 Å². The molecule has 0 aromatic carbocycles. The number of rotatable bonds is 2. The van der Waals surface area contributed by atoms with E-state index in [1.807, 2.05) is 13.0 Å². The zero-order valence-electron chi connectivity index (χ0n) is 10.8. The molecule has 1 saturated heterocycles. The van der Waals surface area contributed by atoms with Crippen LogP contribution in [0.2, 0.25) is 0 Å². The maximum absolute atomic E-state index is 12.3. The lowest BCUT2D eigenvalue weighted by Gasteiger charge is -2.31. The average Bonchev–Trinajstić information content (AvgIpc) is 2.66. The molecule has 2 aliphatic heterocycles. The molecule has 0 bridgehead atoms. The van der Waals surface area contributed by atoms with Crippen LogP contribution in [0.5, 0.6) is 0 Å². The zero-order valence-corrected chi connectivity index (χ0v) is 10.8.